The fourth-order valence-corrected chi connectivity index (χ4v) is 2.31. The van der Waals surface area contributed by atoms with Gasteiger partial charge < -0.3 is 0 Å². The van der Waals surface area contributed by atoms with E-state index in [1.165, 1.54) is 12.1 Å². The maximum absolute atomic E-state index is 12.4. The number of Topliss-reactive ketones (excluding diaryl/α,β-unsaturated/α-hetero) is 2. The molecule has 0 spiro atoms. The van der Waals surface area contributed by atoms with Gasteiger partial charge in [-0.25, -0.2) is 0 Å². The summed E-state index contributed by atoms with van der Waals surface area (Å²) in [5, 5.41) is 0. The molecule has 0 saturated carbocycles. The molecular formula is C17H9B2NO3. The zero-order chi connectivity index (χ0) is 16.4. The number of benzene rings is 2. The maximum atomic E-state index is 12.4. The van der Waals surface area contributed by atoms with Crippen LogP contribution in [0.3, 0.4) is 0 Å². The van der Waals surface area contributed by atoms with Gasteiger partial charge >= 0.3 is 134 Å². The van der Waals surface area contributed by atoms with E-state index in [0.29, 0.717) is 5.56 Å². The van der Waals surface area contributed by atoms with Crippen LogP contribution in [0.4, 0.5) is 0 Å². The van der Waals surface area contributed by atoms with Crippen molar-refractivity contribution in [3.8, 4) is 0 Å². The summed E-state index contributed by atoms with van der Waals surface area (Å²) in [4.78, 5) is 40.5. The molecule has 2 aromatic rings. The SMILES string of the molecule is [B]C1=C(N=BC(=O)c2ccccc2)C(=O)c2ccccc2C1=O. The van der Waals surface area contributed by atoms with Gasteiger partial charge in [0.15, 0.2) is 0 Å². The molecule has 106 valence electrons. The van der Waals surface area contributed by atoms with E-state index in [1.54, 1.807) is 42.5 Å². The molecule has 0 bridgehead atoms. The summed E-state index contributed by atoms with van der Waals surface area (Å²) in [5.41, 5.74) is 0.119. The molecule has 0 saturated heterocycles. The summed E-state index contributed by atoms with van der Waals surface area (Å²) in [6.45, 7) is 0. The average Bonchev–Trinajstić information content (AvgIpc) is 2.60. The number of allylic oxidation sites excluding steroid dienone is 2. The first-order valence-electron chi connectivity index (χ1n) is 6.91. The standard InChI is InChI=1S/C17H9B2NO3/c18-13-14(20-19-17(23)10-6-2-1-3-7-10)16(22)12-9-5-4-8-11(12)15(13)21/h1-9H. The van der Waals surface area contributed by atoms with Gasteiger partial charge in [-0.15, -0.1) is 0 Å². The Morgan fingerprint density at radius 2 is 1.43 bits per heavy atom. The van der Waals surface area contributed by atoms with E-state index in [0.717, 1.165) is 7.07 Å². The van der Waals surface area contributed by atoms with Crippen LogP contribution in [0.1, 0.15) is 31.1 Å². The molecule has 0 amide bonds. The Hall–Kier alpha value is -2.88. The van der Waals surface area contributed by atoms with Crippen molar-refractivity contribution >= 4 is 32.2 Å². The number of carbonyl (C=O) groups excluding carboxylic acids is 3. The van der Waals surface area contributed by atoms with Gasteiger partial charge in [0, 0.05) is 0 Å². The summed E-state index contributed by atoms with van der Waals surface area (Å²) in [6.07, 6.45) is 0. The number of rotatable bonds is 3. The van der Waals surface area contributed by atoms with E-state index in [1.807, 2.05) is 0 Å². The van der Waals surface area contributed by atoms with Crippen LogP contribution in [-0.2, 0) is 0 Å². The van der Waals surface area contributed by atoms with E-state index < -0.39 is 11.6 Å². The fourth-order valence-electron chi connectivity index (χ4n) is 2.31. The molecular weight excluding hydrogens is 288 g/mol. The van der Waals surface area contributed by atoms with Gasteiger partial charge in [-0.05, 0) is 0 Å². The van der Waals surface area contributed by atoms with Gasteiger partial charge in [0.1, 0.15) is 0 Å². The van der Waals surface area contributed by atoms with Crippen LogP contribution < -0.4 is 0 Å². The normalized spacial score (nSPS) is 13.9. The van der Waals surface area contributed by atoms with Crippen molar-refractivity contribution in [1.82, 2.24) is 0 Å². The summed E-state index contributed by atoms with van der Waals surface area (Å²) < 4.78 is 0. The quantitative estimate of drug-likeness (QED) is 0.816. The third-order valence-corrected chi connectivity index (χ3v) is 3.50. The predicted molar refractivity (Wildman–Crippen MR) is 86.8 cm³/mol. The van der Waals surface area contributed by atoms with E-state index in [9.17, 15) is 14.4 Å². The number of ketones is 2. The zero-order valence-electron chi connectivity index (χ0n) is 12.0. The number of carbonyl (C=O) groups is 3. The summed E-state index contributed by atoms with van der Waals surface area (Å²) in [6, 6.07) is 14.9. The average molecular weight is 297 g/mol. The Morgan fingerprint density at radius 3 is 2.09 bits per heavy atom. The van der Waals surface area contributed by atoms with E-state index in [-0.39, 0.29) is 28.0 Å². The first kappa shape index (κ1) is 15.0. The molecule has 4 nitrogen and oxygen atoms in total. The second kappa shape index (κ2) is 6.08. The van der Waals surface area contributed by atoms with Gasteiger partial charge in [-0.3, -0.25) is 0 Å². The molecule has 0 unspecified atom stereocenters. The van der Waals surface area contributed by atoms with Gasteiger partial charge in [0.05, 0.1) is 0 Å². The number of nitrogens with zero attached hydrogens (tertiary/aromatic N) is 1. The number of fused-ring (bicyclic) bond motifs is 1. The molecule has 0 heterocycles. The second-order valence-electron chi connectivity index (χ2n) is 4.95. The molecule has 2 aromatic carbocycles. The van der Waals surface area contributed by atoms with Gasteiger partial charge in [-0.1, -0.05) is 0 Å². The van der Waals surface area contributed by atoms with Crippen LogP contribution in [0.15, 0.2) is 70.7 Å². The fraction of sp³-hybridized carbons (Fsp3) is 0. The van der Waals surface area contributed by atoms with Crippen LogP contribution in [-0.4, -0.2) is 32.2 Å². The van der Waals surface area contributed by atoms with Crippen molar-refractivity contribution in [3.63, 3.8) is 0 Å². The number of hydrogen-bond donors (Lipinski definition) is 0. The molecule has 3 rings (SSSR count). The summed E-state index contributed by atoms with van der Waals surface area (Å²) >= 11 is 0. The molecule has 6 heteroatoms. The van der Waals surface area contributed by atoms with E-state index in [2.05, 4.69) is 4.90 Å². The van der Waals surface area contributed by atoms with Crippen molar-refractivity contribution < 1.29 is 14.4 Å². The minimum atomic E-state index is -0.463. The molecule has 1 aliphatic rings. The number of hydrogen-bond acceptors (Lipinski definition) is 4. The molecule has 0 aromatic heterocycles. The molecule has 0 fully saturated rings. The van der Waals surface area contributed by atoms with Crippen molar-refractivity contribution in [2.75, 3.05) is 0 Å². The van der Waals surface area contributed by atoms with Crippen molar-refractivity contribution in [3.05, 3.63) is 82.5 Å². The van der Waals surface area contributed by atoms with Crippen molar-refractivity contribution in [1.29, 1.82) is 0 Å². The van der Waals surface area contributed by atoms with Crippen molar-refractivity contribution in [2.24, 2.45) is 4.90 Å². The Kier molecular flexibility index (Phi) is 3.98. The van der Waals surface area contributed by atoms with Crippen LogP contribution >= 0.6 is 0 Å². The molecule has 1 aliphatic carbocycles. The van der Waals surface area contributed by atoms with Gasteiger partial charge in [0.25, 0.3) is 0 Å². The summed E-state index contributed by atoms with van der Waals surface area (Å²) in [5.74, 6) is -0.922. The first-order valence-corrected chi connectivity index (χ1v) is 6.91. The van der Waals surface area contributed by atoms with Crippen LogP contribution in [0.2, 0.25) is 0 Å². The van der Waals surface area contributed by atoms with Crippen LogP contribution in [0.25, 0.3) is 0 Å². The Morgan fingerprint density at radius 1 is 0.870 bits per heavy atom. The first-order chi connectivity index (χ1) is 11.1. The minimum absolute atomic E-state index is 0.196. The third kappa shape index (κ3) is 2.75. The zero-order valence-corrected chi connectivity index (χ0v) is 12.0. The van der Waals surface area contributed by atoms with Crippen molar-refractivity contribution in [2.45, 2.75) is 0 Å². The Balaban J connectivity index is 1.96. The topological polar surface area (TPSA) is 63.6 Å². The molecule has 0 N–H and O–H groups in total. The Bertz CT molecular complexity index is 886. The predicted octanol–water partition coefficient (Wildman–Crippen LogP) is 2.17. The molecule has 2 radical (unpaired) electrons. The Labute approximate surface area is 134 Å². The van der Waals surface area contributed by atoms with Gasteiger partial charge in [-0.2, -0.15) is 0 Å². The monoisotopic (exact) mass is 297 g/mol. The van der Waals surface area contributed by atoms with Gasteiger partial charge in [0.2, 0.25) is 0 Å². The molecule has 23 heavy (non-hydrogen) atoms. The van der Waals surface area contributed by atoms with E-state index >= 15 is 0 Å². The summed E-state index contributed by atoms with van der Waals surface area (Å²) in [7, 11) is 6.75. The molecule has 0 atom stereocenters. The van der Waals surface area contributed by atoms with Crippen LogP contribution in [0.5, 0.6) is 0 Å². The van der Waals surface area contributed by atoms with E-state index in [4.69, 9.17) is 7.85 Å². The second-order valence-corrected chi connectivity index (χ2v) is 4.95. The molecule has 0 aliphatic heterocycles. The van der Waals surface area contributed by atoms with Crippen LogP contribution in [0, 0.1) is 0 Å². The third-order valence-electron chi connectivity index (χ3n) is 3.50.